The van der Waals surface area contributed by atoms with E-state index in [2.05, 4.69) is 10.6 Å². The number of nitrogens with one attached hydrogen (secondary N) is 2. The number of fused-ring (bicyclic) bond motifs is 1. The quantitative estimate of drug-likeness (QED) is 0.703. The Bertz CT molecular complexity index is 545. The normalized spacial score (nSPS) is 20.8. The van der Waals surface area contributed by atoms with Crippen LogP contribution in [0.3, 0.4) is 0 Å². The molecule has 1 fully saturated rings. The van der Waals surface area contributed by atoms with Crippen molar-refractivity contribution in [3.05, 3.63) is 18.2 Å². The van der Waals surface area contributed by atoms with E-state index in [1.807, 2.05) is 0 Å². The molecule has 3 rings (SSSR count). The summed E-state index contributed by atoms with van der Waals surface area (Å²) in [7, 11) is 0. The number of aliphatic hydroxyl groups excluding tert-OH is 1. The third kappa shape index (κ3) is 4.27. The van der Waals surface area contributed by atoms with Crippen molar-refractivity contribution in [2.45, 2.75) is 31.4 Å². The summed E-state index contributed by atoms with van der Waals surface area (Å²) in [5.41, 5.74) is 0. The Labute approximate surface area is 134 Å². The molecule has 0 saturated carbocycles. The first-order valence-corrected chi connectivity index (χ1v) is 7.94. The lowest BCUT2D eigenvalue weighted by Gasteiger charge is -2.23. The summed E-state index contributed by atoms with van der Waals surface area (Å²) in [6.07, 6.45) is 2.24. The molecule has 0 aromatic heterocycles. The summed E-state index contributed by atoms with van der Waals surface area (Å²) in [6, 6.07) is 5.09. The number of hydrogen-bond acceptors (Lipinski definition) is 6. The number of aliphatic hydroxyl groups is 1. The van der Waals surface area contributed by atoms with Crippen molar-refractivity contribution in [1.29, 1.82) is 0 Å². The van der Waals surface area contributed by atoms with Gasteiger partial charge in [0.1, 0.15) is 18.5 Å². The van der Waals surface area contributed by atoms with Crippen LogP contribution in [0, 0.1) is 0 Å². The number of hydrogen-bond donors (Lipinski definition) is 3. The highest BCUT2D eigenvalue weighted by Crippen LogP contribution is 2.35. The van der Waals surface area contributed by atoms with Crippen molar-refractivity contribution in [3.8, 4) is 17.2 Å². The van der Waals surface area contributed by atoms with Crippen molar-refractivity contribution >= 4 is 5.91 Å². The molecule has 0 bridgehead atoms. The van der Waals surface area contributed by atoms with Gasteiger partial charge in [0.05, 0.1) is 6.04 Å². The van der Waals surface area contributed by atoms with Crippen LogP contribution in [-0.2, 0) is 4.79 Å². The van der Waals surface area contributed by atoms with E-state index in [9.17, 15) is 9.90 Å². The molecule has 2 heterocycles. The van der Waals surface area contributed by atoms with Crippen molar-refractivity contribution in [1.82, 2.24) is 10.6 Å². The molecule has 7 heteroatoms. The van der Waals surface area contributed by atoms with E-state index in [4.69, 9.17) is 14.2 Å². The Kier molecular flexibility index (Phi) is 5.19. The third-order valence-electron chi connectivity index (χ3n) is 3.93. The minimum atomic E-state index is -0.770. The number of rotatable bonds is 6. The van der Waals surface area contributed by atoms with Gasteiger partial charge in [0.25, 0.3) is 0 Å². The van der Waals surface area contributed by atoms with Crippen LogP contribution in [0.15, 0.2) is 18.2 Å². The molecule has 1 aromatic carbocycles. The van der Waals surface area contributed by atoms with Gasteiger partial charge in [-0.1, -0.05) is 6.42 Å². The first-order valence-electron chi connectivity index (χ1n) is 7.94. The number of carbonyl (C=O) groups excluding carboxylic acids is 1. The maximum Gasteiger partial charge on any atom is 0.237 e. The maximum absolute atomic E-state index is 11.9. The second-order valence-electron chi connectivity index (χ2n) is 5.73. The van der Waals surface area contributed by atoms with E-state index in [0.29, 0.717) is 17.2 Å². The summed E-state index contributed by atoms with van der Waals surface area (Å²) >= 11 is 0. The Morgan fingerprint density at radius 2 is 2.26 bits per heavy atom. The first-order chi connectivity index (χ1) is 11.2. The molecule has 0 radical (unpaired) electrons. The zero-order valence-electron chi connectivity index (χ0n) is 12.9. The minimum absolute atomic E-state index is 0.0631. The summed E-state index contributed by atoms with van der Waals surface area (Å²) in [5.74, 6) is 1.85. The zero-order valence-corrected chi connectivity index (χ0v) is 12.9. The molecule has 3 N–H and O–H groups in total. The number of carbonyl (C=O) groups is 1. The maximum atomic E-state index is 11.9. The molecule has 23 heavy (non-hydrogen) atoms. The molecule has 0 aliphatic carbocycles. The average molecular weight is 322 g/mol. The molecule has 1 saturated heterocycles. The SMILES string of the molecule is O=C(NCC(O)COc1ccc2c(c1)OCO2)C1CCCCN1. The Hall–Kier alpha value is -1.99. The number of benzene rings is 1. The fourth-order valence-corrected chi connectivity index (χ4v) is 2.64. The lowest BCUT2D eigenvalue weighted by Crippen LogP contribution is -2.48. The molecule has 2 atom stereocenters. The first kappa shape index (κ1) is 15.9. The third-order valence-corrected chi connectivity index (χ3v) is 3.93. The minimum Gasteiger partial charge on any atom is -0.491 e. The van der Waals surface area contributed by atoms with Gasteiger partial charge in [0, 0.05) is 12.6 Å². The predicted octanol–water partition coefficient (Wildman–Crippen LogP) is 0.413. The van der Waals surface area contributed by atoms with Crippen LogP contribution in [-0.4, -0.2) is 49.6 Å². The second-order valence-corrected chi connectivity index (χ2v) is 5.73. The Balaban J connectivity index is 1.39. The van der Waals surface area contributed by atoms with Crippen LogP contribution in [0.4, 0.5) is 0 Å². The fourth-order valence-electron chi connectivity index (χ4n) is 2.64. The van der Waals surface area contributed by atoms with Gasteiger partial charge in [-0.25, -0.2) is 0 Å². The van der Waals surface area contributed by atoms with Gasteiger partial charge in [-0.3, -0.25) is 4.79 Å². The van der Waals surface area contributed by atoms with Crippen molar-refractivity contribution < 1.29 is 24.1 Å². The number of ether oxygens (including phenoxy) is 3. The van der Waals surface area contributed by atoms with E-state index in [0.717, 1.165) is 25.8 Å². The molecule has 1 amide bonds. The van der Waals surface area contributed by atoms with Gasteiger partial charge in [0.2, 0.25) is 12.7 Å². The molecule has 2 aliphatic heterocycles. The molecular formula is C16H22N2O5. The molecule has 7 nitrogen and oxygen atoms in total. The van der Waals surface area contributed by atoms with Gasteiger partial charge >= 0.3 is 0 Å². The Morgan fingerprint density at radius 3 is 3.09 bits per heavy atom. The van der Waals surface area contributed by atoms with Crippen molar-refractivity contribution in [2.75, 3.05) is 26.5 Å². The second kappa shape index (κ2) is 7.52. The highest BCUT2D eigenvalue weighted by atomic mass is 16.7. The zero-order chi connectivity index (χ0) is 16.1. The molecule has 2 aliphatic rings. The predicted molar refractivity (Wildman–Crippen MR) is 82.7 cm³/mol. The van der Waals surface area contributed by atoms with Crippen LogP contribution >= 0.6 is 0 Å². The fraction of sp³-hybridized carbons (Fsp3) is 0.562. The molecule has 1 aromatic rings. The van der Waals surface area contributed by atoms with Crippen LogP contribution in [0.1, 0.15) is 19.3 Å². The smallest absolute Gasteiger partial charge is 0.237 e. The van der Waals surface area contributed by atoms with Crippen LogP contribution in [0.2, 0.25) is 0 Å². The van der Waals surface area contributed by atoms with Crippen LogP contribution < -0.4 is 24.8 Å². The highest BCUT2D eigenvalue weighted by Gasteiger charge is 2.21. The van der Waals surface area contributed by atoms with E-state index in [1.165, 1.54) is 0 Å². The largest absolute Gasteiger partial charge is 0.491 e. The summed E-state index contributed by atoms with van der Waals surface area (Å²) in [6.45, 7) is 1.34. The van der Waals surface area contributed by atoms with Crippen molar-refractivity contribution in [2.24, 2.45) is 0 Å². The van der Waals surface area contributed by atoms with E-state index >= 15 is 0 Å². The van der Waals surface area contributed by atoms with Gasteiger partial charge in [-0.15, -0.1) is 0 Å². The van der Waals surface area contributed by atoms with E-state index in [1.54, 1.807) is 18.2 Å². The van der Waals surface area contributed by atoms with Gasteiger partial charge in [-0.2, -0.15) is 0 Å². The monoisotopic (exact) mass is 322 g/mol. The summed E-state index contributed by atoms with van der Waals surface area (Å²) < 4.78 is 16.0. The molecule has 2 unspecified atom stereocenters. The average Bonchev–Trinajstić information content (AvgIpc) is 3.06. The summed E-state index contributed by atoms with van der Waals surface area (Å²) in [4.78, 5) is 11.9. The number of piperidine rings is 1. The van der Waals surface area contributed by atoms with Crippen LogP contribution in [0.5, 0.6) is 17.2 Å². The lowest BCUT2D eigenvalue weighted by molar-refractivity contribution is -0.124. The molecule has 126 valence electrons. The topological polar surface area (TPSA) is 89.1 Å². The Morgan fingerprint density at radius 1 is 1.39 bits per heavy atom. The standard InChI is InChI=1S/C16H22N2O5/c19-11(8-18-16(20)13-3-1-2-6-17-13)9-21-12-4-5-14-15(7-12)23-10-22-14/h4-5,7,11,13,17,19H,1-3,6,8-10H2,(H,18,20). The lowest BCUT2D eigenvalue weighted by atomic mass is 10.0. The highest BCUT2D eigenvalue weighted by molar-refractivity contribution is 5.81. The number of amides is 1. The summed E-state index contributed by atoms with van der Waals surface area (Å²) in [5, 5.41) is 15.9. The van der Waals surface area contributed by atoms with Crippen molar-refractivity contribution in [3.63, 3.8) is 0 Å². The van der Waals surface area contributed by atoms with E-state index in [-0.39, 0.29) is 31.9 Å². The molecule has 0 spiro atoms. The van der Waals surface area contributed by atoms with Gasteiger partial charge < -0.3 is 30.0 Å². The van der Waals surface area contributed by atoms with E-state index < -0.39 is 6.10 Å². The van der Waals surface area contributed by atoms with Gasteiger partial charge in [0.15, 0.2) is 11.5 Å². The van der Waals surface area contributed by atoms with Gasteiger partial charge in [-0.05, 0) is 31.5 Å². The molecular weight excluding hydrogens is 300 g/mol. The van der Waals surface area contributed by atoms with Crippen LogP contribution in [0.25, 0.3) is 0 Å².